The van der Waals surface area contributed by atoms with Crippen LogP contribution in [0.3, 0.4) is 0 Å². The van der Waals surface area contributed by atoms with Crippen molar-refractivity contribution in [3.63, 3.8) is 0 Å². The fraction of sp³-hybridized carbons (Fsp3) is 0.176. The van der Waals surface area contributed by atoms with E-state index in [1.165, 1.54) is 16.7 Å². The fourth-order valence-corrected chi connectivity index (χ4v) is 2.24. The van der Waals surface area contributed by atoms with E-state index in [2.05, 4.69) is 51.6 Å². The highest BCUT2D eigenvalue weighted by molar-refractivity contribution is 5.84. The number of nitrogens with two attached hydrogens (primary N) is 1. The molecule has 0 amide bonds. The molecule has 0 aliphatic carbocycles. The molecular formula is C17H19N. The molecule has 0 unspecified atom stereocenters. The Morgan fingerprint density at radius 3 is 2.11 bits per heavy atom. The lowest BCUT2D eigenvalue weighted by Gasteiger charge is -2.12. The van der Waals surface area contributed by atoms with Crippen LogP contribution in [0.2, 0.25) is 0 Å². The van der Waals surface area contributed by atoms with E-state index in [4.69, 9.17) is 5.73 Å². The molecule has 0 aliphatic heterocycles. The molecule has 0 aromatic heterocycles. The third kappa shape index (κ3) is 2.45. The second-order valence-corrected chi connectivity index (χ2v) is 4.95. The first kappa shape index (κ1) is 12.4. The molecular weight excluding hydrogens is 218 g/mol. The minimum Gasteiger partial charge on any atom is -0.398 e. The number of hydrogen-bond acceptors (Lipinski definition) is 1. The first-order valence-electron chi connectivity index (χ1n) is 6.11. The average molecular weight is 237 g/mol. The highest BCUT2D eigenvalue weighted by Gasteiger charge is 2.07. The van der Waals surface area contributed by atoms with Crippen molar-refractivity contribution in [1.82, 2.24) is 0 Å². The number of hydrogen-bond donors (Lipinski definition) is 1. The van der Waals surface area contributed by atoms with Crippen molar-refractivity contribution in [2.45, 2.75) is 20.8 Å². The van der Waals surface area contributed by atoms with Gasteiger partial charge in [0.05, 0.1) is 0 Å². The average Bonchev–Trinajstić information content (AvgIpc) is 2.30. The minimum atomic E-state index is 0.782. The summed E-state index contributed by atoms with van der Waals surface area (Å²) in [5.74, 6) is 0. The maximum absolute atomic E-state index is 6.04. The second kappa shape index (κ2) is 4.69. The summed E-state index contributed by atoms with van der Waals surface area (Å²) in [6.07, 6.45) is 0. The second-order valence-electron chi connectivity index (χ2n) is 4.95. The normalized spacial score (nSPS) is 10.4. The van der Waals surface area contributed by atoms with Gasteiger partial charge in [-0.1, -0.05) is 47.5 Å². The lowest BCUT2D eigenvalue weighted by atomic mass is 9.94. The van der Waals surface area contributed by atoms with Crippen LogP contribution in [0.25, 0.3) is 5.57 Å². The smallest absolute Gasteiger partial charge is 0.0393 e. The molecule has 0 saturated carbocycles. The summed E-state index contributed by atoms with van der Waals surface area (Å²) in [5.41, 5.74) is 13.7. The largest absolute Gasteiger partial charge is 0.398 e. The zero-order valence-electron chi connectivity index (χ0n) is 11.2. The Balaban J connectivity index is 2.51. The van der Waals surface area contributed by atoms with Gasteiger partial charge in [0.15, 0.2) is 0 Å². The Labute approximate surface area is 109 Å². The van der Waals surface area contributed by atoms with Gasteiger partial charge in [-0.15, -0.1) is 0 Å². The third-order valence-electron chi connectivity index (χ3n) is 3.10. The van der Waals surface area contributed by atoms with E-state index < -0.39 is 0 Å². The molecule has 0 aliphatic rings. The van der Waals surface area contributed by atoms with Gasteiger partial charge < -0.3 is 5.73 Å². The summed E-state index contributed by atoms with van der Waals surface area (Å²) in [7, 11) is 0. The predicted molar refractivity (Wildman–Crippen MR) is 79.6 cm³/mol. The van der Waals surface area contributed by atoms with E-state index >= 15 is 0 Å². The Hall–Kier alpha value is -2.02. The number of anilines is 1. The van der Waals surface area contributed by atoms with E-state index in [-0.39, 0.29) is 0 Å². The summed E-state index contributed by atoms with van der Waals surface area (Å²) in [5, 5.41) is 0. The molecule has 2 rings (SSSR count). The van der Waals surface area contributed by atoms with Gasteiger partial charge in [-0.2, -0.15) is 0 Å². The molecule has 1 nitrogen and oxygen atoms in total. The van der Waals surface area contributed by atoms with Crippen LogP contribution in [0.5, 0.6) is 0 Å². The lowest BCUT2D eigenvalue weighted by molar-refractivity contribution is 1.36. The zero-order valence-corrected chi connectivity index (χ0v) is 11.2. The van der Waals surface area contributed by atoms with Gasteiger partial charge in [-0.3, -0.25) is 0 Å². The zero-order chi connectivity index (χ0) is 13.3. The molecule has 0 atom stereocenters. The van der Waals surface area contributed by atoms with E-state index in [1.54, 1.807) is 0 Å². The van der Waals surface area contributed by atoms with Gasteiger partial charge in [-0.05, 0) is 44.0 Å². The molecule has 0 heterocycles. The van der Waals surface area contributed by atoms with Gasteiger partial charge in [0, 0.05) is 11.3 Å². The Bertz CT molecular complexity index is 589. The number of rotatable bonds is 2. The Morgan fingerprint density at radius 1 is 0.889 bits per heavy atom. The van der Waals surface area contributed by atoms with Crippen LogP contribution in [0.1, 0.15) is 27.8 Å². The van der Waals surface area contributed by atoms with Crippen molar-refractivity contribution in [2.24, 2.45) is 0 Å². The topological polar surface area (TPSA) is 26.0 Å². The van der Waals surface area contributed by atoms with Crippen LogP contribution in [-0.4, -0.2) is 0 Å². The molecule has 0 spiro atoms. The van der Waals surface area contributed by atoms with Crippen LogP contribution >= 0.6 is 0 Å². The standard InChI is InChI=1S/C17H19N/c1-11-5-6-17(18)16(10-11)14(4)15-8-12(2)7-13(3)9-15/h5-10H,4,18H2,1-3H3. The molecule has 2 aromatic rings. The van der Waals surface area contributed by atoms with Gasteiger partial charge in [0.2, 0.25) is 0 Å². The van der Waals surface area contributed by atoms with Crippen molar-refractivity contribution >= 4 is 11.3 Å². The minimum absolute atomic E-state index is 0.782. The highest BCUT2D eigenvalue weighted by atomic mass is 14.6. The van der Waals surface area contributed by atoms with Gasteiger partial charge in [0.25, 0.3) is 0 Å². The molecule has 0 bridgehead atoms. The molecule has 92 valence electrons. The van der Waals surface area contributed by atoms with Crippen LogP contribution in [0.4, 0.5) is 5.69 Å². The van der Waals surface area contributed by atoms with Gasteiger partial charge in [-0.25, -0.2) is 0 Å². The summed E-state index contributed by atoms with van der Waals surface area (Å²) < 4.78 is 0. The van der Waals surface area contributed by atoms with Crippen LogP contribution in [-0.2, 0) is 0 Å². The van der Waals surface area contributed by atoms with Crippen LogP contribution in [0.15, 0.2) is 43.0 Å². The van der Waals surface area contributed by atoms with Crippen molar-refractivity contribution in [2.75, 3.05) is 5.73 Å². The predicted octanol–water partition coefficient (Wildman–Crippen LogP) is 4.26. The van der Waals surface area contributed by atoms with E-state index in [0.29, 0.717) is 0 Å². The monoisotopic (exact) mass is 237 g/mol. The first-order chi connectivity index (χ1) is 8.47. The highest BCUT2D eigenvalue weighted by Crippen LogP contribution is 2.28. The number of nitrogen functional groups attached to an aromatic ring is 1. The van der Waals surface area contributed by atoms with E-state index in [0.717, 1.165) is 22.4 Å². The quantitative estimate of drug-likeness (QED) is 0.776. The fourth-order valence-electron chi connectivity index (χ4n) is 2.24. The lowest BCUT2D eigenvalue weighted by Crippen LogP contribution is -1.96. The summed E-state index contributed by atoms with van der Waals surface area (Å²) in [4.78, 5) is 0. The maximum atomic E-state index is 6.04. The van der Waals surface area contributed by atoms with Crippen molar-refractivity contribution in [3.8, 4) is 0 Å². The van der Waals surface area contributed by atoms with Gasteiger partial charge >= 0.3 is 0 Å². The summed E-state index contributed by atoms with van der Waals surface area (Å²) in [6, 6.07) is 12.5. The molecule has 1 heteroatoms. The van der Waals surface area contributed by atoms with Crippen molar-refractivity contribution < 1.29 is 0 Å². The Kier molecular flexibility index (Phi) is 3.24. The summed E-state index contributed by atoms with van der Waals surface area (Å²) >= 11 is 0. The van der Waals surface area contributed by atoms with Crippen molar-refractivity contribution in [3.05, 3.63) is 70.8 Å². The van der Waals surface area contributed by atoms with Crippen LogP contribution in [0, 0.1) is 20.8 Å². The summed E-state index contributed by atoms with van der Waals surface area (Å²) in [6.45, 7) is 10.5. The molecule has 0 radical (unpaired) electrons. The Morgan fingerprint density at radius 2 is 1.50 bits per heavy atom. The molecule has 18 heavy (non-hydrogen) atoms. The van der Waals surface area contributed by atoms with Crippen LogP contribution < -0.4 is 5.73 Å². The van der Waals surface area contributed by atoms with Crippen molar-refractivity contribution in [1.29, 1.82) is 0 Å². The van der Waals surface area contributed by atoms with E-state index in [1.807, 2.05) is 12.1 Å². The molecule has 0 fully saturated rings. The number of benzene rings is 2. The molecule has 2 N–H and O–H groups in total. The maximum Gasteiger partial charge on any atom is 0.0393 e. The van der Waals surface area contributed by atoms with Gasteiger partial charge in [0.1, 0.15) is 0 Å². The molecule has 0 saturated heterocycles. The SMILES string of the molecule is C=C(c1cc(C)cc(C)c1)c1cc(C)ccc1N. The third-order valence-corrected chi connectivity index (χ3v) is 3.10. The first-order valence-corrected chi connectivity index (χ1v) is 6.11. The number of aryl methyl sites for hydroxylation is 3. The van der Waals surface area contributed by atoms with E-state index in [9.17, 15) is 0 Å². The molecule has 2 aromatic carbocycles.